The predicted molar refractivity (Wildman–Crippen MR) is 111 cm³/mol. The third-order valence-electron chi connectivity index (χ3n) is 4.91. The Kier molecular flexibility index (Phi) is 4.13. The lowest BCUT2D eigenvalue weighted by Crippen LogP contribution is -2.01. The van der Waals surface area contributed by atoms with E-state index >= 15 is 0 Å². The molecule has 5 aromatic rings. The molecule has 2 aromatic heterocycles. The molecule has 0 bridgehead atoms. The molecule has 5 rings (SSSR count). The molecular formula is C24H17FN2O2. The lowest BCUT2D eigenvalue weighted by atomic mass is 10.2. The van der Waals surface area contributed by atoms with Crippen LogP contribution in [0.15, 0.2) is 78.9 Å². The van der Waals surface area contributed by atoms with E-state index < -0.39 is 0 Å². The van der Waals surface area contributed by atoms with Gasteiger partial charge in [0.25, 0.3) is 0 Å². The van der Waals surface area contributed by atoms with Gasteiger partial charge in [0, 0.05) is 21.8 Å². The normalized spacial score (nSPS) is 11.2. The van der Waals surface area contributed by atoms with Crippen LogP contribution in [0.4, 0.5) is 4.39 Å². The molecule has 0 unspecified atom stereocenters. The number of ether oxygens (including phenoxy) is 1. The minimum Gasteiger partial charge on any atom is -0.489 e. The summed E-state index contributed by atoms with van der Waals surface area (Å²) in [7, 11) is 0. The number of halogens is 1. The third-order valence-corrected chi connectivity index (χ3v) is 4.91. The number of carbonyl (C=O) groups is 1. The number of benzene rings is 3. The van der Waals surface area contributed by atoms with Crippen molar-refractivity contribution < 1.29 is 13.9 Å². The van der Waals surface area contributed by atoms with E-state index in [9.17, 15) is 9.18 Å². The largest absolute Gasteiger partial charge is 0.489 e. The summed E-state index contributed by atoms with van der Waals surface area (Å²) in [5.74, 6) is 0.219. The van der Waals surface area contributed by atoms with Crippen molar-refractivity contribution in [3.63, 3.8) is 0 Å². The number of rotatable bonds is 5. The van der Waals surface area contributed by atoms with Crippen molar-refractivity contribution in [2.75, 3.05) is 0 Å². The molecule has 2 N–H and O–H groups in total. The molecule has 5 heteroatoms. The van der Waals surface area contributed by atoms with Gasteiger partial charge in [-0.1, -0.05) is 30.3 Å². The van der Waals surface area contributed by atoms with Gasteiger partial charge < -0.3 is 14.7 Å². The molecule has 0 radical (unpaired) electrons. The summed E-state index contributed by atoms with van der Waals surface area (Å²) in [6.45, 7) is 0.480. The molecule has 4 nitrogen and oxygen atoms in total. The summed E-state index contributed by atoms with van der Waals surface area (Å²) in [6.07, 6.45) is 0. The Labute approximate surface area is 165 Å². The molecule has 0 amide bonds. The van der Waals surface area contributed by atoms with E-state index in [1.54, 1.807) is 18.2 Å². The molecule has 0 atom stereocenters. The maximum atomic E-state index is 13.4. The second kappa shape index (κ2) is 6.95. The Balaban J connectivity index is 1.40. The number of H-pyrrole nitrogens is 2. The lowest BCUT2D eigenvalue weighted by molar-refractivity contribution is 0.103. The number of nitrogens with one attached hydrogen (secondary N) is 2. The highest BCUT2D eigenvalue weighted by Gasteiger charge is 2.15. The van der Waals surface area contributed by atoms with E-state index in [-0.39, 0.29) is 11.6 Å². The zero-order valence-electron chi connectivity index (χ0n) is 15.4. The molecule has 0 aliphatic carbocycles. The maximum Gasteiger partial charge on any atom is 0.225 e. The summed E-state index contributed by atoms with van der Waals surface area (Å²) >= 11 is 0. The van der Waals surface area contributed by atoms with Crippen molar-refractivity contribution in [2.45, 2.75) is 6.61 Å². The van der Waals surface area contributed by atoms with Gasteiger partial charge >= 0.3 is 0 Å². The fourth-order valence-corrected chi connectivity index (χ4v) is 3.43. The van der Waals surface area contributed by atoms with Gasteiger partial charge in [-0.3, -0.25) is 4.79 Å². The van der Waals surface area contributed by atoms with E-state index in [4.69, 9.17) is 4.74 Å². The molecule has 0 saturated heterocycles. The van der Waals surface area contributed by atoms with Gasteiger partial charge in [0.2, 0.25) is 5.78 Å². The smallest absolute Gasteiger partial charge is 0.225 e. The first-order valence-corrected chi connectivity index (χ1v) is 9.28. The molecule has 0 fully saturated rings. The highest BCUT2D eigenvalue weighted by molar-refractivity contribution is 6.11. The second-order valence-corrected chi connectivity index (χ2v) is 6.95. The average Bonchev–Trinajstić information content (AvgIpc) is 3.35. The molecule has 3 aromatic carbocycles. The summed E-state index contributed by atoms with van der Waals surface area (Å²) in [5, 5.41) is 1.68. The van der Waals surface area contributed by atoms with Crippen LogP contribution in [-0.4, -0.2) is 15.8 Å². The molecular weight excluding hydrogens is 367 g/mol. The molecule has 0 aliphatic rings. The SMILES string of the molecule is O=C(c1cc2cc(OCc3ccccc3)ccc2[nH]1)c1cc2ccc(F)cc2[nH]1. The summed E-state index contributed by atoms with van der Waals surface area (Å²) in [5.41, 5.74) is 3.42. The summed E-state index contributed by atoms with van der Waals surface area (Å²) in [4.78, 5) is 19.0. The van der Waals surface area contributed by atoms with E-state index in [2.05, 4.69) is 9.97 Å². The molecule has 0 aliphatic heterocycles. The van der Waals surface area contributed by atoms with Crippen molar-refractivity contribution >= 4 is 27.6 Å². The van der Waals surface area contributed by atoms with Crippen LogP contribution < -0.4 is 4.74 Å². The van der Waals surface area contributed by atoms with Crippen LogP contribution in [-0.2, 0) is 6.61 Å². The predicted octanol–water partition coefficient (Wildman–Crippen LogP) is 5.60. The van der Waals surface area contributed by atoms with Crippen LogP contribution in [0.1, 0.15) is 21.7 Å². The Hall–Kier alpha value is -3.86. The van der Waals surface area contributed by atoms with Gasteiger partial charge in [-0.2, -0.15) is 0 Å². The van der Waals surface area contributed by atoms with Crippen LogP contribution in [0.25, 0.3) is 21.8 Å². The van der Waals surface area contributed by atoms with Gasteiger partial charge in [-0.15, -0.1) is 0 Å². The minimum atomic E-state index is -0.341. The Morgan fingerprint density at radius 1 is 0.793 bits per heavy atom. The van der Waals surface area contributed by atoms with Crippen LogP contribution >= 0.6 is 0 Å². The number of ketones is 1. The Morgan fingerprint density at radius 2 is 1.55 bits per heavy atom. The number of hydrogen-bond donors (Lipinski definition) is 2. The highest BCUT2D eigenvalue weighted by Crippen LogP contribution is 2.25. The van der Waals surface area contributed by atoms with E-state index in [1.807, 2.05) is 48.5 Å². The van der Waals surface area contributed by atoms with Gasteiger partial charge in [-0.25, -0.2) is 4.39 Å². The van der Waals surface area contributed by atoms with Crippen molar-refractivity contribution in [3.05, 3.63) is 102 Å². The van der Waals surface area contributed by atoms with Gasteiger partial charge in [0.15, 0.2) is 0 Å². The minimum absolute atomic E-state index is 0.176. The maximum absolute atomic E-state index is 13.4. The van der Waals surface area contributed by atoms with E-state index in [0.717, 1.165) is 27.6 Å². The van der Waals surface area contributed by atoms with Gasteiger partial charge in [0.1, 0.15) is 18.2 Å². The average molecular weight is 384 g/mol. The monoisotopic (exact) mass is 384 g/mol. The van der Waals surface area contributed by atoms with E-state index in [1.165, 1.54) is 12.1 Å². The first-order chi connectivity index (χ1) is 14.2. The van der Waals surface area contributed by atoms with Gasteiger partial charge in [-0.05, 0) is 54.1 Å². The van der Waals surface area contributed by atoms with Crippen molar-refractivity contribution in [1.29, 1.82) is 0 Å². The van der Waals surface area contributed by atoms with Gasteiger partial charge in [0.05, 0.1) is 11.4 Å². The third kappa shape index (κ3) is 3.38. The first kappa shape index (κ1) is 17.3. The Morgan fingerprint density at radius 3 is 2.38 bits per heavy atom. The van der Waals surface area contributed by atoms with E-state index in [0.29, 0.717) is 23.5 Å². The Bertz CT molecular complexity index is 1340. The van der Waals surface area contributed by atoms with Crippen LogP contribution in [0.3, 0.4) is 0 Å². The lowest BCUT2D eigenvalue weighted by Gasteiger charge is -2.06. The standard InChI is InChI=1S/C24H17FN2O2/c25-18-7-6-16-11-22(27-21(16)13-18)24(28)23-12-17-10-19(8-9-20(17)26-23)29-14-15-4-2-1-3-5-15/h1-13,26-27H,14H2. The molecule has 29 heavy (non-hydrogen) atoms. The van der Waals surface area contributed by atoms with Crippen LogP contribution in [0, 0.1) is 5.82 Å². The van der Waals surface area contributed by atoms with Crippen LogP contribution in [0.2, 0.25) is 0 Å². The zero-order chi connectivity index (χ0) is 19.8. The summed E-state index contributed by atoms with van der Waals surface area (Å²) < 4.78 is 19.3. The molecule has 2 heterocycles. The number of fused-ring (bicyclic) bond motifs is 2. The molecule has 142 valence electrons. The second-order valence-electron chi connectivity index (χ2n) is 6.95. The number of aromatic nitrogens is 2. The highest BCUT2D eigenvalue weighted by atomic mass is 19.1. The quantitative estimate of drug-likeness (QED) is 0.388. The van der Waals surface area contributed by atoms with Crippen LogP contribution in [0.5, 0.6) is 5.75 Å². The number of aromatic amines is 2. The fourth-order valence-electron chi connectivity index (χ4n) is 3.43. The summed E-state index contributed by atoms with van der Waals surface area (Å²) in [6, 6.07) is 23.6. The number of carbonyl (C=O) groups excluding carboxylic acids is 1. The first-order valence-electron chi connectivity index (χ1n) is 9.28. The van der Waals surface area contributed by atoms with Crippen molar-refractivity contribution in [1.82, 2.24) is 9.97 Å². The molecule has 0 spiro atoms. The fraction of sp³-hybridized carbons (Fsp3) is 0.0417. The topological polar surface area (TPSA) is 57.9 Å². The number of hydrogen-bond acceptors (Lipinski definition) is 2. The zero-order valence-corrected chi connectivity index (χ0v) is 15.4. The van der Waals surface area contributed by atoms with Crippen molar-refractivity contribution in [3.8, 4) is 5.75 Å². The molecule has 0 saturated carbocycles. The van der Waals surface area contributed by atoms with Crippen molar-refractivity contribution in [2.24, 2.45) is 0 Å².